The Morgan fingerprint density at radius 1 is 1.24 bits per heavy atom. The number of rotatable bonds is 3. The van der Waals surface area contributed by atoms with Crippen molar-refractivity contribution in [3.8, 4) is 0 Å². The van der Waals surface area contributed by atoms with Crippen LogP contribution in [0, 0.1) is 6.92 Å². The number of aryl methyl sites for hydroxylation is 1. The van der Waals surface area contributed by atoms with Crippen LogP contribution in [0.3, 0.4) is 0 Å². The van der Waals surface area contributed by atoms with E-state index in [0.29, 0.717) is 17.7 Å². The quantitative estimate of drug-likeness (QED) is 0.898. The minimum atomic E-state index is -3.43. The fourth-order valence-corrected chi connectivity index (χ4v) is 4.83. The van der Waals surface area contributed by atoms with Gasteiger partial charge in [0, 0.05) is 0 Å². The van der Waals surface area contributed by atoms with Crippen LogP contribution in [0.5, 0.6) is 0 Å². The Hall–Kier alpha value is -0.870. The monoisotopic (exact) mass is 254 g/mol. The minimum Gasteiger partial charge on any atom is -0.395 e. The van der Waals surface area contributed by atoms with Crippen LogP contribution in [0.4, 0.5) is 0 Å². The number of hydrogen-bond acceptors (Lipinski definition) is 3. The molecule has 0 aliphatic heterocycles. The van der Waals surface area contributed by atoms with Crippen molar-refractivity contribution in [2.45, 2.75) is 42.2 Å². The van der Waals surface area contributed by atoms with E-state index >= 15 is 0 Å². The summed E-state index contributed by atoms with van der Waals surface area (Å²) in [6.45, 7) is 1.52. The number of aliphatic hydroxyl groups excluding tert-OH is 1. The molecule has 3 nitrogen and oxygen atoms in total. The predicted molar refractivity (Wildman–Crippen MR) is 66.6 cm³/mol. The maximum atomic E-state index is 12.6. The summed E-state index contributed by atoms with van der Waals surface area (Å²) in [5.41, 5.74) is 0.757. The van der Waals surface area contributed by atoms with E-state index in [-0.39, 0.29) is 6.61 Å². The standard InChI is InChI=1S/C13H18O3S/c1-11-6-2-3-7-12(11)17(15,16)13(10-14)8-4-5-9-13/h2-3,6-7,14H,4-5,8-10H2,1H3. The molecule has 1 aliphatic carbocycles. The maximum Gasteiger partial charge on any atom is 0.186 e. The zero-order valence-corrected chi connectivity index (χ0v) is 10.8. The first-order valence-corrected chi connectivity index (χ1v) is 7.43. The third-order valence-corrected chi connectivity index (χ3v) is 6.47. The second kappa shape index (κ2) is 4.42. The first-order chi connectivity index (χ1) is 8.03. The Kier molecular flexibility index (Phi) is 3.27. The molecule has 4 heteroatoms. The van der Waals surface area contributed by atoms with Crippen LogP contribution < -0.4 is 0 Å². The van der Waals surface area contributed by atoms with E-state index in [9.17, 15) is 13.5 Å². The lowest BCUT2D eigenvalue weighted by Gasteiger charge is -2.27. The van der Waals surface area contributed by atoms with Gasteiger partial charge in [-0.25, -0.2) is 8.42 Å². The zero-order chi connectivity index (χ0) is 12.5. The molecule has 1 aromatic carbocycles. The summed E-state index contributed by atoms with van der Waals surface area (Å²) in [5.74, 6) is 0. The lowest BCUT2D eigenvalue weighted by molar-refractivity contribution is 0.242. The highest BCUT2D eigenvalue weighted by Gasteiger charge is 2.46. The second-order valence-electron chi connectivity index (χ2n) is 4.82. The first-order valence-electron chi connectivity index (χ1n) is 5.95. The summed E-state index contributed by atoms with van der Waals surface area (Å²) in [6.07, 6.45) is 2.90. The minimum absolute atomic E-state index is 0.274. The molecule has 1 aliphatic rings. The Balaban J connectivity index is 2.53. The van der Waals surface area contributed by atoms with Crippen LogP contribution in [0.15, 0.2) is 29.2 Å². The van der Waals surface area contributed by atoms with E-state index < -0.39 is 14.6 Å². The molecule has 0 aromatic heterocycles. The van der Waals surface area contributed by atoms with Crippen LogP contribution in [0.1, 0.15) is 31.2 Å². The molecular formula is C13H18O3S. The zero-order valence-electron chi connectivity index (χ0n) is 10.0. The number of benzene rings is 1. The van der Waals surface area contributed by atoms with Crippen LogP contribution in [0.2, 0.25) is 0 Å². The maximum absolute atomic E-state index is 12.6. The molecule has 0 heterocycles. The van der Waals surface area contributed by atoms with Crippen LogP contribution >= 0.6 is 0 Å². The largest absolute Gasteiger partial charge is 0.395 e. The Morgan fingerprint density at radius 2 is 1.82 bits per heavy atom. The van der Waals surface area contributed by atoms with Crippen LogP contribution in [-0.4, -0.2) is 24.9 Å². The van der Waals surface area contributed by atoms with Crippen molar-refractivity contribution in [2.24, 2.45) is 0 Å². The molecule has 94 valence electrons. The van der Waals surface area contributed by atoms with Crippen molar-refractivity contribution < 1.29 is 13.5 Å². The Morgan fingerprint density at radius 3 is 2.35 bits per heavy atom. The number of aliphatic hydroxyl groups is 1. The third kappa shape index (κ3) is 1.89. The summed E-state index contributed by atoms with van der Waals surface area (Å²) in [6, 6.07) is 7.00. The van der Waals surface area contributed by atoms with E-state index in [0.717, 1.165) is 18.4 Å². The molecule has 0 bridgehead atoms. The van der Waals surface area contributed by atoms with Crippen molar-refractivity contribution >= 4 is 9.84 Å². The highest BCUT2D eigenvalue weighted by molar-refractivity contribution is 7.93. The lowest BCUT2D eigenvalue weighted by Crippen LogP contribution is -2.39. The van der Waals surface area contributed by atoms with Gasteiger partial charge in [-0.2, -0.15) is 0 Å². The lowest BCUT2D eigenvalue weighted by atomic mass is 10.1. The van der Waals surface area contributed by atoms with E-state index in [1.807, 2.05) is 6.07 Å². The molecule has 0 spiro atoms. The smallest absolute Gasteiger partial charge is 0.186 e. The van der Waals surface area contributed by atoms with Gasteiger partial charge in [0.05, 0.1) is 16.2 Å². The van der Waals surface area contributed by atoms with Crippen molar-refractivity contribution in [3.05, 3.63) is 29.8 Å². The van der Waals surface area contributed by atoms with Gasteiger partial charge in [-0.3, -0.25) is 0 Å². The Labute approximate surface area is 102 Å². The Bertz CT molecular complexity index is 499. The number of hydrogen-bond donors (Lipinski definition) is 1. The van der Waals surface area contributed by atoms with Gasteiger partial charge in [-0.15, -0.1) is 0 Å². The molecule has 0 amide bonds. The molecule has 17 heavy (non-hydrogen) atoms. The molecule has 2 rings (SSSR count). The molecule has 1 saturated carbocycles. The van der Waals surface area contributed by atoms with Gasteiger partial charge < -0.3 is 5.11 Å². The molecule has 1 fully saturated rings. The van der Waals surface area contributed by atoms with Crippen LogP contribution in [-0.2, 0) is 9.84 Å². The second-order valence-corrected chi connectivity index (χ2v) is 7.13. The molecule has 1 aromatic rings. The van der Waals surface area contributed by atoms with Crippen molar-refractivity contribution in [2.75, 3.05) is 6.61 Å². The van der Waals surface area contributed by atoms with E-state index in [2.05, 4.69) is 0 Å². The summed E-state index contributed by atoms with van der Waals surface area (Å²) >= 11 is 0. The SMILES string of the molecule is Cc1ccccc1S(=O)(=O)C1(CO)CCCC1. The highest BCUT2D eigenvalue weighted by atomic mass is 32.2. The van der Waals surface area contributed by atoms with Crippen molar-refractivity contribution in [1.29, 1.82) is 0 Å². The first kappa shape index (κ1) is 12.6. The van der Waals surface area contributed by atoms with Gasteiger partial charge in [-0.05, 0) is 31.4 Å². The van der Waals surface area contributed by atoms with Gasteiger partial charge in [0.15, 0.2) is 9.84 Å². The fourth-order valence-electron chi connectivity index (χ4n) is 2.62. The summed E-state index contributed by atoms with van der Waals surface area (Å²) in [5, 5.41) is 9.53. The van der Waals surface area contributed by atoms with Gasteiger partial charge in [-0.1, -0.05) is 31.0 Å². The van der Waals surface area contributed by atoms with E-state index in [4.69, 9.17) is 0 Å². The normalized spacial score (nSPS) is 19.4. The molecule has 0 saturated heterocycles. The molecular weight excluding hydrogens is 236 g/mol. The average Bonchev–Trinajstić information content (AvgIpc) is 2.79. The van der Waals surface area contributed by atoms with E-state index in [1.54, 1.807) is 25.1 Å². The fraction of sp³-hybridized carbons (Fsp3) is 0.538. The van der Waals surface area contributed by atoms with Crippen LogP contribution in [0.25, 0.3) is 0 Å². The molecule has 0 radical (unpaired) electrons. The summed E-state index contributed by atoms with van der Waals surface area (Å²) in [4.78, 5) is 0.371. The van der Waals surface area contributed by atoms with Gasteiger partial charge >= 0.3 is 0 Å². The van der Waals surface area contributed by atoms with Crippen molar-refractivity contribution in [3.63, 3.8) is 0 Å². The molecule has 0 unspecified atom stereocenters. The topological polar surface area (TPSA) is 54.4 Å². The highest BCUT2D eigenvalue weighted by Crippen LogP contribution is 2.40. The summed E-state index contributed by atoms with van der Waals surface area (Å²) < 4.78 is 24.4. The van der Waals surface area contributed by atoms with Gasteiger partial charge in [0.25, 0.3) is 0 Å². The third-order valence-electron chi connectivity index (χ3n) is 3.76. The average molecular weight is 254 g/mol. The van der Waals surface area contributed by atoms with Gasteiger partial charge in [0.2, 0.25) is 0 Å². The number of sulfone groups is 1. The van der Waals surface area contributed by atoms with Gasteiger partial charge in [0.1, 0.15) is 0 Å². The summed E-state index contributed by atoms with van der Waals surface area (Å²) in [7, 11) is -3.43. The molecule has 0 atom stereocenters. The molecule has 1 N–H and O–H groups in total. The van der Waals surface area contributed by atoms with Crippen molar-refractivity contribution in [1.82, 2.24) is 0 Å². The predicted octanol–water partition coefficient (Wildman–Crippen LogP) is 2.07. The van der Waals surface area contributed by atoms with E-state index in [1.165, 1.54) is 0 Å².